The molecule has 0 spiro atoms. The van der Waals surface area contributed by atoms with Crippen LogP contribution >= 0.6 is 0 Å². The Bertz CT molecular complexity index is 1610. The van der Waals surface area contributed by atoms with E-state index in [0.29, 0.717) is 0 Å². The molecule has 0 saturated carbocycles. The van der Waals surface area contributed by atoms with Crippen LogP contribution in [0.25, 0.3) is 31.9 Å². The van der Waals surface area contributed by atoms with Crippen molar-refractivity contribution >= 4 is 40.7 Å². The molecule has 0 aromatic heterocycles. The second-order valence-corrected chi connectivity index (χ2v) is 12.8. The van der Waals surface area contributed by atoms with E-state index >= 15 is 0 Å². The van der Waals surface area contributed by atoms with Gasteiger partial charge in [0.1, 0.15) is 8.80 Å². The molecule has 0 unspecified atom stereocenters. The number of rotatable bonds is 4. The van der Waals surface area contributed by atoms with Crippen LogP contribution in [0, 0.1) is 0 Å². The van der Waals surface area contributed by atoms with Gasteiger partial charge in [-0.2, -0.15) is 0 Å². The Hall–Kier alpha value is -3.68. The van der Waals surface area contributed by atoms with Crippen LogP contribution in [0.5, 0.6) is 0 Å². The third-order valence-electron chi connectivity index (χ3n) is 8.12. The lowest BCUT2D eigenvalue weighted by atomic mass is 10.0. The molecule has 1 heteroatoms. The van der Waals surface area contributed by atoms with Crippen LogP contribution in [0.2, 0.25) is 0 Å². The predicted molar refractivity (Wildman–Crippen MR) is 156 cm³/mol. The fourth-order valence-corrected chi connectivity index (χ4v) is 10.3. The highest BCUT2D eigenvalue weighted by Crippen LogP contribution is 2.47. The van der Waals surface area contributed by atoms with E-state index in [9.17, 15) is 0 Å². The lowest BCUT2D eigenvalue weighted by Gasteiger charge is -2.24. The highest BCUT2D eigenvalue weighted by atomic mass is 28.3. The summed E-state index contributed by atoms with van der Waals surface area (Å²) in [5, 5.41) is 8.87. The molecule has 0 bridgehead atoms. The first-order chi connectivity index (χ1) is 17.7. The standard InChI is InChI=1S/C35H29Si/c1-23-20-28-18-16-26-12-6-8-14-30(26)32(28)34(23)36(22-25-10-4-3-5-11-25)35-24(2)21-29-19-17-27-13-7-9-15-31(27)33(29)35/h3-19H,20-22H2,1-2H3. The fraction of sp³-hybridized carbons (Fsp3) is 0.143. The minimum absolute atomic E-state index is 1.08. The summed E-state index contributed by atoms with van der Waals surface area (Å²) in [7, 11) is -1.09. The molecule has 0 aliphatic heterocycles. The molecule has 7 rings (SSSR count). The minimum Gasteiger partial charge on any atom is -0.0688 e. The zero-order valence-electron chi connectivity index (χ0n) is 20.9. The third-order valence-corrected chi connectivity index (χ3v) is 11.4. The normalized spacial score (nSPS) is 14.9. The first kappa shape index (κ1) is 21.6. The smallest absolute Gasteiger partial charge is 0.0688 e. The van der Waals surface area contributed by atoms with Gasteiger partial charge in [0.05, 0.1) is 0 Å². The first-order valence-corrected chi connectivity index (χ1v) is 14.7. The van der Waals surface area contributed by atoms with Crippen molar-refractivity contribution in [2.75, 3.05) is 0 Å². The molecule has 36 heavy (non-hydrogen) atoms. The maximum Gasteiger partial charge on any atom is 0.127 e. The van der Waals surface area contributed by atoms with E-state index in [4.69, 9.17) is 0 Å². The van der Waals surface area contributed by atoms with Crippen LogP contribution in [0.1, 0.15) is 41.7 Å². The molecule has 0 nitrogen and oxygen atoms in total. The largest absolute Gasteiger partial charge is 0.127 e. The van der Waals surface area contributed by atoms with E-state index in [1.807, 2.05) is 0 Å². The lowest BCUT2D eigenvalue weighted by Crippen LogP contribution is -2.23. The summed E-state index contributed by atoms with van der Waals surface area (Å²) >= 11 is 0. The van der Waals surface area contributed by atoms with Gasteiger partial charge in [0.15, 0.2) is 0 Å². The monoisotopic (exact) mass is 477 g/mol. The van der Waals surface area contributed by atoms with Crippen LogP contribution in [0.15, 0.2) is 114 Å². The van der Waals surface area contributed by atoms with Gasteiger partial charge in [-0.3, -0.25) is 0 Å². The average Bonchev–Trinajstić information content (AvgIpc) is 3.44. The number of hydrogen-bond donors (Lipinski definition) is 0. The molecular formula is C35H29Si. The zero-order chi connectivity index (χ0) is 24.2. The Labute approximate surface area is 215 Å². The van der Waals surface area contributed by atoms with Crippen LogP contribution in [0.4, 0.5) is 0 Å². The zero-order valence-corrected chi connectivity index (χ0v) is 21.9. The van der Waals surface area contributed by atoms with E-state index in [2.05, 4.69) is 117 Å². The van der Waals surface area contributed by atoms with Crippen molar-refractivity contribution in [2.45, 2.75) is 32.7 Å². The van der Waals surface area contributed by atoms with Gasteiger partial charge in [0.2, 0.25) is 0 Å². The molecule has 5 aromatic carbocycles. The molecular weight excluding hydrogens is 448 g/mol. The van der Waals surface area contributed by atoms with Gasteiger partial charge in [-0.1, -0.05) is 120 Å². The number of benzene rings is 5. The van der Waals surface area contributed by atoms with Crippen molar-refractivity contribution in [1.29, 1.82) is 0 Å². The average molecular weight is 478 g/mol. The highest BCUT2D eigenvalue weighted by molar-refractivity contribution is 6.95. The Kier molecular flexibility index (Phi) is 5.08. The molecule has 0 amide bonds. The second kappa shape index (κ2) is 8.46. The van der Waals surface area contributed by atoms with Crippen LogP contribution in [0.3, 0.4) is 0 Å². The summed E-state index contributed by atoms with van der Waals surface area (Å²) in [4.78, 5) is 0. The molecule has 0 atom stereocenters. The van der Waals surface area contributed by atoms with Crippen molar-refractivity contribution in [2.24, 2.45) is 0 Å². The van der Waals surface area contributed by atoms with Gasteiger partial charge >= 0.3 is 0 Å². The van der Waals surface area contributed by atoms with Crippen LogP contribution < -0.4 is 0 Å². The Balaban J connectivity index is 1.50. The quantitative estimate of drug-likeness (QED) is 0.227. The van der Waals surface area contributed by atoms with E-state index in [0.717, 1.165) is 18.9 Å². The van der Waals surface area contributed by atoms with Gasteiger partial charge in [0.25, 0.3) is 0 Å². The molecule has 173 valence electrons. The summed E-state index contributed by atoms with van der Waals surface area (Å²) in [6.45, 7) is 4.79. The maximum atomic E-state index is 2.40. The lowest BCUT2D eigenvalue weighted by molar-refractivity contribution is 1.20. The van der Waals surface area contributed by atoms with Crippen molar-refractivity contribution in [3.8, 4) is 0 Å². The van der Waals surface area contributed by atoms with Crippen molar-refractivity contribution in [3.63, 3.8) is 0 Å². The number of allylic oxidation sites excluding steroid dienone is 2. The molecule has 0 heterocycles. The van der Waals surface area contributed by atoms with Crippen LogP contribution in [-0.2, 0) is 18.9 Å². The van der Waals surface area contributed by atoms with Crippen LogP contribution in [-0.4, -0.2) is 8.80 Å². The Morgan fingerprint density at radius 3 is 1.53 bits per heavy atom. The van der Waals surface area contributed by atoms with Crippen molar-refractivity contribution in [1.82, 2.24) is 0 Å². The molecule has 2 aliphatic rings. The molecule has 0 fully saturated rings. The highest BCUT2D eigenvalue weighted by Gasteiger charge is 2.36. The summed E-state index contributed by atoms with van der Waals surface area (Å²) in [6, 6.07) is 39.7. The Morgan fingerprint density at radius 1 is 0.528 bits per heavy atom. The SMILES string of the molecule is CC1=C([Si](Cc2ccccc2)C2=C(C)Cc3ccc4ccccc4c32)c2c(ccc3ccccc23)C1. The topological polar surface area (TPSA) is 0 Å². The van der Waals surface area contributed by atoms with Gasteiger partial charge in [-0.15, -0.1) is 0 Å². The second-order valence-electron chi connectivity index (χ2n) is 10.4. The van der Waals surface area contributed by atoms with Crippen molar-refractivity contribution in [3.05, 3.63) is 142 Å². The molecule has 2 aliphatic carbocycles. The number of fused-ring (bicyclic) bond motifs is 6. The van der Waals surface area contributed by atoms with E-state index in [1.165, 1.54) is 49.4 Å². The summed E-state index contributed by atoms with van der Waals surface area (Å²) < 4.78 is 0. The third kappa shape index (κ3) is 3.34. The minimum atomic E-state index is -1.09. The van der Waals surface area contributed by atoms with E-state index in [1.54, 1.807) is 21.5 Å². The van der Waals surface area contributed by atoms with E-state index in [-0.39, 0.29) is 0 Å². The van der Waals surface area contributed by atoms with Gasteiger partial charge in [-0.25, -0.2) is 0 Å². The molecule has 0 saturated heterocycles. The molecule has 5 aromatic rings. The fourth-order valence-electron chi connectivity index (χ4n) is 6.61. The van der Waals surface area contributed by atoms with E-state index < -0.39 is 8.80 Å². The molecule has 0 N–H and O–H groups in total. The van der Waals surface area contributed by atoms with Gasteiger partial charge in [-0.05, 0) is 86.9 Å². The maximum absolute atomic E-state index is 2.40. The summed E-state index contributed by atoms with van der Waals surface area (Å²) in [6.07, 6.45) is 2.15. The summed E-state index contributed by atoms with van der Waals surface area (Å²) in [5.74, 6) is 0. The Morgan fingerprint density at radius 2 is 1.00 bits per heavy atom. The molecule has 1 radical (unpaired) electrons. The van der Waals surface area contributed by atoms with Gasteiger partial charge < -0.3 is 0 Å². The summed E-state index contributed by atoms with van der Waals surface area (Å²) in [5.41, 5.74) is 10.7. The predicted octanol–water partition coefficient (Wildman–Crippen LogP) is 8.71. The number of hydrogen-bond acceptors (Lipinski definition) is 0. The van der Waals surface area contributed by atoms with Crippen molar-refractivity contribution < 1.29 is 0 Å². The van der Waals surface area contributed by atoms with Gasteiger partial charge in [0, 0.05) is 0 Å². The first-order valence-electron chi connectivity index (χ1n) is 13.0.